The molecule has 88 valence electrons. The Morgan fingerprint density at radius 1 is 1.06 bits per heavy atom. The highest BCUT2D eigenvalue weighted by Gasteiger charge is 2.02. The van der Waals surface area contributed by atoms with Crippen molar-refractivity contribution in [1.82, 2.24) is 9.97 Å². The van der Waals surface area contributed by atoms with E-state index in [2.05, 4.69) is 23.0 Å². The van der Waals surface area contributed by atoms with Gasteiger partial charge in [0.05, 0.1) is 5.52 Å². The molecule has 0 amide bonds. The van der Waals surface area contributed by atoms with Crippen LogP contribution in [-0.4, -0.2) is 9.97 Å². The fraction of sp³-hybridized carbons (Fsp3) is 0.429. The van der Waals surface area contributed by atoms with Crippen molar-refractivity contribution in [3.63, 3.8) is 0 Å². The van der Waals surface area contributed by atoms with E-state index < -0.39 is 0 Å². The molecule has 2 nitrogen and oxygen atoms in total. The molecule has 0 aliphatic heterocycles. The molecule has 0 bridgehead atoms. The van der Waals surface area contributed by atoms with Crippen LogP contribution >= 0.6 is 0 Å². The van der Waals surface area contributed by atoms with Crippen molar-refractivity contribution >= 4 is 10.9 Å². The van der Waals surface area contributed by atoms with Gasteiger partial charge < -0.3 is 0 Å². The number of para-hydroxylation sites is 1. The van der Waals surface area contributed by atoms with Gasteiger partial charge in [0.25, 0.3) is 0 Å². The van der Waals surface area contributed by atoms with Crippen LogP contribution in [0.25, 0.3) is 10.9 Å². The fourth-order valence-electron chi connectivity index (χ4n) is 1.63. The summed E-state index contributed by atoms with van der Waals surface area (Å²) in [6.45, 7) is 4.19. The number of fused-ring (bicyclic) bond motifs is 1. The van der Waals surface area contributed by atoms with Crippen LogP contribution in [0.15, 0.2) is 24.3 Å². The van der Waals surface area contributed by atoms with Gasteiger partial charge in [0.2, 0.25) is 0 Å². The molecule has 0 atom stereocenters. The normalized spacial score (nSPS) is 9.38. The number of aryl methyl sites for hydroxylation is 2. The zero-order valence-electron chi connectivity index (χ0n) is 8.62. The second kappa shape index (κ2) is 6.21. The number of benzene rings is 1. The van der Waals surface area contributed by atoms with Crippen molar-refractivity contribution in [1.29, 1.82) is 0 Å². The van der Waals surface area contributed by atoms with Crippen molar-refractivity contribution in [2.45, 2.75) is 41.5 Å². The first-order chi connectivity index (χ1) is 6.81. The molecule has 0 radical (unpaired) electrons. The summed E-state index contributed by atoms with van der Waals surface area (Å²) in [6, 6.07) is 8.16. The number of rotatable bonds is 2. The first-order valence-electron chi connectivity index (χ1n) is 5.03. The molecule has 0 saturated carbocycles. The molecule has 0 aliphatic carbocycles. The van der Waals surface area contributed by atoms with Gasteiger partial charge in [-0.1, -0.05) is 40.0 Å². The predicted molar refractivity (Wildman–Crippen MR) is 71.7 cm³/mol. The van der Waals surface area contributed by atoms with E-state index in [9.17, 15) is 0 Å². The molecular formula is C14H22N2. The first kappa shape index (κ1) is 14.6. The second-order valence-electron chi connectivity index (χ2n) is 3.49. The summed E-state index contributed by atoms with van der Waals surface area (Å²) in [4.78, 5) is 8.99. The largest absolute Gasteiger partial charge is 0.238 e. The van der Waals surface area contributed by atoms with Crippen molar-refractivity contribution in [2.75, 3.05) is 0 Å². The number of aromatic nitrogens is 2. The summed E-state index contributed by atoms with van der Waals surface area (Å²) in [7, 11) is 0. The number of hydrogen-bond donors (Lipinski definition) is 0. The van der Waals surface area contributed by atoms with Gasteiger partial charge in [0.15, 0.2) is 0 Å². The lowest BCUT2D eigenvalue weighted by Crippen LogP contribution is -1.97. The van der Waals surface area contributed by atoms with Crippen molar-refractivity contribution < 1.29 is 0 Å². The van der Waals surface area contributed by atoms with Gasteiger partial charge in [0.1, 0.15) is 5.82 Å². The predicted octanol–water partition coefficient (Wildman–Crippen LogP) is 4.16. The van der Waals surface area contributed by atoms with Gasteiger partial charge >= 0.3 is 0 Å². The minimum absolute atomic E-state index is 0. The van der Waals surface area contributed by atoms with Crippen LogP contribution in [0.5, 0.6) is 0 Å². The lowest BCUT2D eigenvalue weighted by Gasteiger charge is -2.03. The number of nitrogens with zero attached hydrogens (tertiary/aromatic N) is 2. The molecule has 0 N–H and O–H groups in total. The van der Waals surface area contributed by atoms with Crippen molar-refractivity contribution in [3.8, 4) is 0 Å². The molecule has 0 spiro atoms. The average molecular weight is 218 g/mol. The minimum Gasteiger partial charge on any atom is -0.238 e. The highest BCUT2D eigenvalue weighted by Crippen LogP contribution is 2.14. The number of hydrogen-bond acceptors (Lipinski definition) is 2. The van der Waals surface area contributed by atoms with Crippen LogP contribution in [-0.2, 0) is 6.42 Å². The molecule has 2 aromatic rings. The molecule has 0 fully saturated rings. The van der Waals surface area contributed by atoms with Crippen molar-refractivity contribution in [2.24, 2.45) is 0 Å². The average Bonchev–Trinajstić information content (AvgIpc) is 2.18. The Balaban J connectivity index is 0.00000112. The van der Waals surface area contributed by atoms with Crippen LogP contribution in [0.3, 0.4) is 0 Å². The summed E-state index contributed by atoms with van der Waals surface area (Å²) in [6.07, 6.45) is 2.06. The topological polar surface area (TPSA) is 25.8 Å². The van der Waals surface area contributed by atoms with Gasteiger partial charge in [-0.25, -0.2) is 9.97 Å². The van der Waals surface area contributed by atoms with Crippen LogP contribution in [0.1, 0.15) is 39.7 Å². The Morgan fingerprint density at radius 3 is 2.44 bits per heavy atom. The smallest absolute Gasteiger partial charge is 0.129 e. The van der Waals surface area contributed by atoms with Gasteiger partial charge in [-0.15, -0.1) is 0 Å². The molecule has 1 aromatic heterocycles. The Bertz CT molecular complexity index is 449. The van der Waals surface area contributed by atoms with Crippen LogP contribution < -0.4 is 0 Å². The Hall–Kier alpha value is -1.44. The zero-order chi connectivity index (χ0) is 9.97. The fourth-order valence-corrected chi connectivity index (χ4v) is 1.63. The van der Waals surface area contributed by atoms with Gasteiger partial charge in [-0.3, -0.25) is 0 Å². The Kier molecular flexibility index (Phi) is 5.65. The summed E-state index contributed by atoms with van der Waals surface area (Å²) in [5.74, 6) is 0.962. The maximum atomic E-state index is 4.51. The van der Waals surface area contributed by atoms with Gasteiger partial charge in [0, 0.05) is 17.5 Å². The van der Waals surface area contributed by atoms with Gasteiger partial charge in [-0.2, -0.15) is 0 Å². The summed E-state index contributed by atoms with van der Waals surface area (Å²) in [5, 5.41) is 1.16. The quantitative estimate of drug-likeness (QED) is 0.756. The van der Waals surface area contributed by atoms with Crippen LogP contribution in [0, 0.1) is 6.92 Å². The third-order valence-electron chi connectivity index (χ3n) is 2.31. The van der Waals surface area contributed by atoms with Gasteiger partial charge in [-0.05, 0) is 19.4 Å². The third kappa shape index (κ3) is 2.78. The highest BCUT2D eigenvalue weighted by atomic mass is 14.9. The lowest BCUT2D eigenvalue weighted by molar-refractivity contribution is 0.836. The van der Waals surface area contributed by atoms with Crippen LogP contribution in [0.4, 0.5) is 0 Å². The molecule has 2 heteroatoms. The molecule has 0 unspecified atom stereocenters. The van der Waals surface area contributed by atoms with E-state index in [-0.39, 0.29) is 14.9 Å². The lowest BCUT2D eigenvalue weighted by atomic mass is 10.2. The van der Waals surface area contributed by atoms with E-state index in [0.717, 1.165) is 35.3 Å². The van der Waals surface area contributed by atoms with E-state index in [1.54, 1.807) is 0 Å². The summed E-state index contributed by atoms with van der Waals surface area (Å²) >= 11 is 0. The molecule has 16 heavy (non-hydrogen) atoms. The minimum atomic E-state index is 0. The SMILES string of the molecule is C.C.CCCc1nc(C)c2ccccc2n1. The zero-order valence-corrected chi connectivity index (χ0v) is 8.62. The maximum Gasteiger partial charge on any atom is 0.129 e. The van der Waals surface area contributed by atoms with Crippen LogP contribution in [0.2, 0.25) is 0 Å². The van der Waals surface area contributed by atoms with E-state index in [4.69, 9.17) is 0 Å². The summed E-state index contributed by atoms with van der Waals surface area (Å²) in [5.41, 5.74) is 2.14. The first-order valence-corrected chi connectivity index (χ1v) is 5.03. The Morgan fingerprint density at radius 2 is 1.75 bits per heavy atom. The van der Waals surface area contributed by atoms with E-state index in [1.165, 1.54) is 0 Å². The molecule has 1 aromatic carbocycles. The monoisotopic (exact) mass is 218 g/mol. The second-order valence-corrected chi connectivity index (χ2v) is 3.49. The maximum absolute atomic E-state index is 4.51. The van der Waals surface area contributed by atoms with Crippen molar-refractivity contribution in [3.05, 3.63) is 35.8 Å². The van der Waals surface area contributed by atoms with E-state index in [1.807, 2.05) is 25.1 Å². The van der Waals surface area contributed by atoms with E-state index in [0.29, 0.717) is 0 Å². The molecule has 0 saturated heterocycles. The molecule has 0 aliphatic rings. The molecule has 1 heterocycles. The molecular weight excluding hydrogens is 196 g/mol. The third-order valence-corrected chi connectivity index (χ3v) is 2.31. The summed E-state index contributed by atoms with van der Waals surface area (Å²) < 4.78 is 0. The standard InChI is InChI=1S/C12H14N2.2CH4/c1-3-6-12-13-9(2)10-7-4-5-8-11(10)14-12;;/h4-5,7-8H,3,6H2,1-2H3;2*1H4. The molecule has 2 rings (SSSR count). The highest BCUT2D eigenvalue weighted by molar-refractivity contribution is 5.80. The van der Waals surface area contributed by atoms with E-state index >= 15 is 0 Å². The Labute approximate surface area is 98.8 Å².